The number of aryl methyl sites for hydroxylation is 1. The van der Waals surface area contributed by atoms with Gasteiger partial charge in [-0.3, -0.25) is 9.79 Å². The molecule has 7 nitrogen and oxygen atoms in total. The predicted octanol–water partition coefficient (Wildman–Crippen LogP) is 0.751. The molecule has 2 aliphatic rings. The van der Waals surface area contributed by atoms with Gasteiger partial charge in [-0.1, -0.05) is 29.5 Å². The van der Waals surface area contributed by atoms with Gasteiger partial charge in [-0.05, 0) is 25.5 Å². The Kier molecular flexibility index (Phi) is 6.18. The molecule has 1 aliphatic heterocycles. The third-order valence-electron chi connectivity index (χ3n) is 4.73. The quantitative estimate of drug-likeness (QED) is 0.563. The number of carbonyl (C=O) groups is 1. The van der Waals surface area contributed by atoms with Gasteiger partial charge in [0, 0.05) is 24.6 Å². The number of thioether (sulfide) groups is 1. The Morgan fingerprint density at radius 3 is 2.77 bits per heavy atom. The summed E-state index contributed by atoms with van der Waals surface area (Å²) in [6.07, 6.45) is -1.70. The lowest BCUT2D eigenvalue weighted by molar-refractivity contribution is -0.129. The average Bonchev–Trinajstić information content (AvgIpc) is 3.04. The standard InChI is InChI=1S/C18H25N3O4S/c1-10-3-5-11(6-4-10)20-18-21-14-15(23)13(22)9-12(16(14)26-18)17(24)19-7-8-25-2/h3-6,12-16,22-23H,7-9H2,1-2H3,(H,19,24)(H,20,21)/t12-,13+,14-,15-,16+/m0/s1. The van der Waals surface area contributed by atoms with Crippen molar-refractivity contribution in [2.24, 2.45) is 10.9 Å². The maximum atomic E-state index is 12.5. The van der Waals surface area contributed by atoms with Crippen LogP contribution in [-0.2, 0) is 9.53 Å². The van der Waals surface area contributed by atoms with Crippen LogP contribution in [0.5, 0.6) is 0 Å². The van der Waals surface area contributed by atoms with Crippen LogP contribution in [0.2, 0.25) is 0 Å². The van der Waals surface area contributed by atoms with Crippen LogP contribution in [0.25, 0.3) is 0 Å². The summed E-state index contributed by atoms with van der Waals surface area (Å²) >= 11 is 1.45. The summed E-state index contributed by atoms with van der Waals surface area (Å²) in [7, 11) is 1.58. The highest BCUT2D eigenvalue weighted by atomic mass is 32.2. The Morgan fingerprint density at radius 1 is 1.35 bits per heavy atom. The Hall–Kier alpha value is -1.61. The molecule has 1 aliphatic carbocycles. The van der Waals surface area contributed by atoms with Crippen molar-refractivity contribution in [1.29, 1.82) is 0 Å². The molecule has 1 aromatic carbocycles. The van der Waals surface area contributed by atoms with Crippen LogP contribution in [-0.4, -0.2) is 65.0 Å². The second-order valence-corrected chi connectivity index (χ2v) is 7.85. The van der Waals surface area contributed by atoms with E-state index in [4.69, 9.17) is 4.74 Å². The first-order chi connectivity index (χ1) is 12.5. The molecule has 0 saturated heterocycles. The van der Waals surface area contributed by atoms with Crippen LogP contribution in [0.15, 0.2) is 29.3 Å². The smallest absolute Gasteiger partial charge is 0.224 e. The summed E-state index contributed by atoms with van der Waals surface area (Å²) in [5.41, 5.74) is 2.06. The lowest BCUT2D eigenvalue weighted by atomic mass is 9.81. The predicted molar refractivity (Wildman–Crippen MR) is 102 cm³/mol. The van der Waals surface area contributed by atoms with E-state index in [0.29, 0.717) is 18.3 Å². The molecule has 1 fully saturated rings. The van der Waals surface area contributed by atoms with Gasteiger partial charge in [-0.25, -0.2) is 0 Å². The maximum absolute atomic E-state index is 12.5. The zero-order valence-corrected chi connectivity index (χ0v) is 15.7. The summed E-state index contributed by atoms with van der Waals surface area (Å²) in [5, 5.41) is 27.0. The molecule has 1 aromatic rings. The molecule has 0 unspecified atom stereocenters. The Morgan fingerprint density at radius 2 is 2.08 bits per heavy atom. The number of aliphatic hydroxyl groups is 2. The lowest BCUT2D eigenvalue weighted by Gasteiger charge is -2.37. The minimum atomic E-state index is -0.965. The van der Waals surface area contributed by atoms with Crippen LogP contribution in [0.3, 0.4) is 0 Å². The van der Waals surface area contributed by atoms with E-state index in [0.717, 1.165) is 11.3 Å². The number of nitrogens with zero attached hydrogens (tertiary/aromatic N) is 1. The lowest BCUT2D eigenvalue weighted by Crippen LogP contribution is -2.54. The van der Waals surface area contributed by atoms with Gasteiger partial charge in [0.05, 0.1) is 24.7 Å². The fourth-order valence-electron chi connectivity index (χ4n) is 3.28. The van der Waals surface area contributed by atoms with Gasteiger partial charge in [0.15, 0.2) is 5.17 Å². The number of aliphatic hydroxyl groups excluding tert-OH is 2. The average molecular weight is 379 g/mol. The molecule has 5 atom stereocenters. The topological polar surface area (TPSA) is 103 Å². The first kappa shape index (κ1) is 19.2. The molecule has 0 radical (unpaired) electrons. The van der Waals surface area contributed by atoms with Gasteiger partial charge in [0.2, 0.25) is 5.91 Å². The minimum Gasteiger partial charge on any atom is -0.390 e. The molecule has 142 valence electrons. The summed E-state index contributed by atoms with van der Waals surface area (Å²) < 4.78 is 4.95. The number of carbonyl (C=O) groups excluding carboxylic acids is 1. The van der Waals surface area contributed by atoms with Crippen LogP contribution >= 0.6 is 11.8 Å². The van der Waals surface area contributed by atoms with Gasteiger partial charge >= 0.3 is 0 Å². The first-order valence-corrected chi connectivity index (χ1v) is 9.58. The number of nitrogens with one attached hydrogen (secondary N) is 2. The Bertz CT molecular complexity index is 667. The largest absolute Gasteiger partial charge is 0.390 e. The number of rotatable bonds is 5. The number of amides is 1. The van der Waals surface area contributed by atoms with Crippen molar-refractivity contribution in [3.63, 3.8) is 0 Å². The summed E-state index contributed by atoms with van der Waals surface area (Å²) in [6.45, 7) is 2.87. The Balaban J connectivity index is 1.70. The van der Waals surface area contributed by atoms with Gasteiger partial charge < -0.3 is 25.6 Å². The fraction of sp³-hybridized carbons (Fsp3) is 0.556. The number of anilines is 1. The van der Waals surface area contributed by atoms with Crippen molar-refractivity contribution >= 4 is 28.5 Å². The second-order valence-electron chi connectivity index (χ2n) is 6.68. The molecule has 8 heteroatoms. The van der Waals surface area contributed by atoms with Crippen LogP contribution in [0.4, 0.5) is 5.69 Å². The van der Waals surface area contributed by atoms with Crippen LogP contribution in [0, 0.1) is 12.8 Å². The molecular weight excluding hydrogens is 354 g/mol. The van der Waals surface area contributed by atoms with Crippen molar-refractivity contribution < 1.29 is 19.7 Å². The molecule has 3 rings (SSSR count). The zero-order chi connectivity index (χ0) is 18.7. The second kappa shape index (κ2) is 8.39. The summed E-state index contributed by atoms with van der Waals surface area (Å²) in [5.74, 6) is -0.552. The molecule has 0 bridgehead atoms. The monoisotopic (exact) mass is 379 g/mol. The normalized spacial score (nSPS) is 30.5. The molecule has 1 saturated carbocycles. The minimum absolute atomic E-state index is 0.137. The third-order valence-corrected chi connectivity index (χ3v) is 6.04. The van der Waals surface area contributed by atoms with Crippen LogP contribution in [0.1, 0.15) is 12.0 Å². The van der Waals surface area contributed by atoms with Crippen molar-refractivity contribution in [3.05, 3.63) is 29.8 Å². The fourth-order valence-corrected chi connectivity index (χ4v) is 4.65. The van der Waals surface area contributed by atoms with Gasteiger partial charge in [0.1, 0.15) is 6.10 Å². The van der Waals surface area contributed by atoms with Gasteiger partial charge in [-0.2, -0.15) is 0 Å². The van der Waals surface area contributed by atoms with Crippen molar-refractivity contribution in [2.75, 3.05) is 25.6 Å². The number of amidine groups is 1. The number of fused-ring (bicyclic) bond motifs is 1. The highest BCUT2D eigenvalue weighted by Crippen LogP contribution is 2.41. The number of ether oxygens (including phenoxy) is 1. The molecule has 1 heterocycles. The number of aliphatic imine (C=N–C) groups is 1. The Labute approximate surface area is 157 Å². The van der Waals surface area contributed by atoms with E-state index in [1.165, 1.54) is 11.8 Å². The van der Waals surface area contributed by atoms with E-state index in [1.807, 2.05) is 31.2 Å². The molecule has 26 heavy (non-hydrogen) atoms. The molecular formula is C18H25N3O4S. The van der Waals surface area contributed by atoms with E-state index >= 15 is 0 Å². The summed E-state index contributed by atoms with van der Waals surface area (Å²) in [6, 6.07) is 7.41. The van der Waals surface area contributed by atoms with Crippen molar-refractivity contribution in [2.45, 2.75) is 36.8 Å². The highest BCUT2D eigenvalue weighted by Gasteiger charge is 2.50. The number of hydrogen-bond acceptors (Lipinski definition) is 7. The summed E-state index contributed by atoms with van der Waals surface area (Å²) in [4.78, 5) is 17.1. The number of benzene rings is 1. The van der Waals surface area contributed by atoms with Gasteiger partial charge in [0.25, 0.3) is 0 Å². The molecule has 1 amide bonds. The maximum Gasteiger partial charge on any atom is 0.224 e. The van der Waals surface area contributed by atoms with E-state index < -0.39 is 24.2 Å². The van der Waals surface area contributed by atoms with Crippen molar-refractivity contribution in [3.8, 4) is 0 Å². The first-order valence-electron chi connectivity index (χ1n) is 8.70. The number of hydrogen-bond donors (Lipinski definition) is 4. The molecule has 4 N–H and O–H groups in total. The van der Waals surface area contributed by atoms with E-state index in [1.54, 1.807) is 7.11 Å². The van der Waals surface area contributed by atoms with Crippen LogP contribution < -0.4 is 10.6 Å². The van der Waals surface area contributed by atoms with E-state index in [2.05, 4.69) is 15.6 Å². The van der Waals surface area contributed by atoms with E-state index in [9.17, 15) is 15.0 Å². The SMILES string of the molecule is COCCNC(=O)[C@H]1C[C@@H](O)[C@H](O)[C@@H]2N=C(Nc3ccc(C)cc3)S[C@@H]21. The zero-order valence-electron chi connectivity index (χ0n) is 14.9. The number of methoxy groups -OCH3 is 1. The molecule has 0 spiro atoms. The molecule has 0 aromatic heterocycles. The van der Waals surface area contributed by atoms with Crippen molar-refractivity contribution in [1.82, 2.24) is 5.32 Å². The van der Waals surface area contributed by atoms with Gasteiger partial charge in [-0.15, -0.1) is 0 Å². The highest BCUT2D eigenvalue weighted by molar-refractivity contribution is 8.15. The van der Waals surface area contributed by atoms with E-state index in [-0.39, 0.29) is 17.6 Å². The third kappa shape index (κ3) is 4.20.